The number of anilines is 1. The third-order valence-corrected chi connectivity index (χ3v) is 5.85. The smallest absolute Gasteiger partial charge is 0.334 e. The molecule has 0 N–H and O–H groups in total. The predicted octanol–water partition coefficient (Wildman–Crippen LogP) is 4.83. The van der Waals surface area contributed by atoms with Gasteiger partial charge in [-0.1, -0.05) is 36.4 Å². The molecule has 2 heterocycles. The van der Waals surface area contributed by atoms with Gasteiger partial charge in [-0.2, -0.15) is 4.68 Å². The number of ether oxygens (including phenoxy) is 1. The molecule has 1 aliphatic heterocycles. The third kappa shape index (κ3) is 4.09. The average molecular weight is 443 g/mol. The fourth-order valence-corrected chi connectivity index (χ4v) is 4.24. The van der Waals surface area contributed by atoms with E-state index in [4.69, 9.17) is 4.74 Å². The maximum atomic E-state index is 14.1. The van der Waals surface area contributed by atoms with Crippen molar-refractivity contribution in [3.05, 3.63) is 90.2 Å². The first-order valence-corrected chi connectivity index (χ1v) is 10.9. The highest BCUT2D eigenvalue weighted by Crippen LogP contribution is 2.32. The zero-order valence-corrected chi connectivity index (χ0v) is 17.9. The molecule has 1 atom stereocenters. The van der Waals surface area contributed by atoms with Crippen molar-refractivity contribution in [3.8, 4) is 5.75 Å². The maximum absolute atomic E-state index is 14.1. The first-order chi connectivity index (χ1) is 16.1. The largest absolute Gasteiger partial charge is 0.425 e. The summed E-state index contributed by atoms with van der Waals surface area (Å²) in [5.74, 6) is -0.249. The molecule has 0 bridgehead atoms. The summed E-state index contributed by atoms with van der Waals surface area (Å²) in [4.78, 5) is 28.1. The summed E-state index contributed by atoms with van der Waals surface area (Å²) in [5, 5.41) is 5.20. The number of carbonyl (C=O) groups is 2. The van der Waals surface area contributed by atoms with Gasteiger partial charge in [0.15, 0.2) is 5.82 Å². The fourth-order valence-electron chi connectivity index (χ4n) is 4.24. The van der Waals surface area contributed by atoms with Crippen LogP contribution in [-0.2, 0) is 4.79 Å². The quantitative estimate of drug-likeness (QED) is 0.334. The van der Waals surface area contributed by atoms with Crippen molar-refractivity contribution in [2.24, 2.45) is 0 Å². The Labute approximate surface area is 190 Å². The van der Waals surface area contributed by atoms with E-state index in [9.17, 15) is 14.0 Å². The summed E-state index contributed by atoms with van der Waals surface area (Å²) in [6.45, 7) is 0.581. The Balaban J connectivity index is 1.55. The molecule has 0 spiro atoms. The van der Waals surface area contributed by atoms with Gasteiger partial charge in [0.2, 0.25) is 0 Å². The lowest BCUT2D eigenvalue weighted by atomic mass is 10.0. The predicted molar refractivity (Wildman–Crippen MR) is 123 cm³/mol. The van der Waals surface area contributed by atoms with Crippen LogP contribution in [-0.4, -0.2) is 34.2 Å². The molecule has 4 aromatic rings. The van der Waals surface area contributed by atoms with Crippen LogP contribution >= 0.6 is 0 Å². The van der Waals surface area contributed by atoms with Gasteiger partial charge >= 0.3 is 5.97 Å². The molecule has 1 aromatic heterocycles. The van der Waals surface area contributed by atoms with E-state index in [2.05, 4.69) is 5.10 Å². The van der Waals surface area contributed by atoms with Gasteiger partial charge in [-0.3, -0.25) is 4.79 Å². The fraction of sp³-hybridized carbons (Fsp3) is 0.192. The SMILES string of the molecule is O=C(Oc1ccccc1)C1CCCCN1c1nn(C(=O)c2ccccc2)c2cc(F)ccc12. The number of nitrogens with zero attached hydrogens (tertiary/aromatic N) is 3. The highest BCUT2D eigenvalue weighted by atomic mass is 19.1. The highest BCUT2D eigenvalue weighted by Gasteiger charge is 2.34. The van der Waals surface area contributed by atoms with Gasteiger partial charge in [0, 0.05) is 23.6 Å². The van der Waals surface area contributed by atoms with Crippen molar-refractivity contribution >= 4 is 28.6 Å². The lowest BCUT2D eigenvalue weighted by Crippen LogP contribution is -2.47. The van der Waals surface area contributed by atoms with Crippen LogP contribution in [0.25, 0.3) is 10.9 Å². The molecule has 7 heteroatoms. The van der Waals surface area contributed by atoms with Crippen LogP contribution in [0.1, 0.15) is 29.6 Å². The number of piperidine rings is 1. The van der Waals surface area contributed by atoms with Gasteiger partial charge in [-0.05, 0) is 55.7 Å². The number of para-hydroxylation sites is 1. The normalized spacial score (nSPS) is 16.0. The summed E-state index contributed by atoms with van der Waals surface area (Å²) in [6, 6.07) is 21.4. The molecule has 0 saturated carbocycles. The van der Waals surface area contributed by atoms with Crippen LogP contribution in [0.4, 0.5) is 10.2 Å². The van der Waals surface area contributed by atoms with Crippen molar-refractivity contribution in [3.63, 3.8) is 0 Å². The molecule has 0 radical (unpaired) electrons. The van der Waals surface area contributed by atoms with E-state index in [-0.39, 0.29) is 11.9 Å². The Hall–Kier alpha value is -4.00. The molecule has 1 fully saturated rings. The summed E-state index contributed by atoms with van der Waals surface area (Å²) in [5.41, 5.74) is 0.802. The van der Waals surface area contributed by atoms with Crippen LogP contribution in [0.2, 0.25) is 0 Å². The average Bonchev–Trinajstić information content (AvgIpc) is 3.23. The number of fused-ring (bicyclic) bond motifs is 1. The zero-order chi connectivity index (χ0) is 22.8. The van der Waals surface area contributed by atoms with E-state index in [1.54, 1.807) is 54.6 Å². The van der Waals surface area contributed by atoms with Crippen molar-refractivity contribution < 1.29 is 18.7 Å². The third-order valence-electron chi connectivity index (χ3n) is 5.85. The van der Waals surface area contributed by atoms with Crippen LogP contribution in [0, 0.1) is 5.82 Å². The molecule has 33 heavy (non-hydrogen) atoms. The molecule has 1 aliphatic rings. The summed E-state index contributed by atoms with van der Waals surface area (Å²) in [6.07, 6.45) is 2.35. The van der Waals surface area contributed by atoms with Crippen molar-refractivity contribution in [2.45, 2.75) is 25.3 Å². The van der Waals surface area contributed by atoms with Gasteiger partial charge in [0.1, 0.15) is 17.6 Å². The first-order valence-electron chi connectivity index (χ1n) is 10.9. The standard InChI is InChI=1S/C26H22FN3O3/c27-19-14-15-21-23(17-19)30(25(31)18-9-3-1-4-10-18)28-24(21)29-16-8-7-13-22(29)26(32)33-20-11-5-2-6-12-20/h1-6,9-12,14-15,17,22H,7-8,13,16H2. The summed E-state index contributed by atoms with van der Waals surface area (Å²) >= 11 is 0. The second-order valence-corrected chi connectivity index (χ2v) is 8.01. The van der Waals surface area contributed by atoms with E-state index in [0.717, 1.165) is 12.8 Å². The molecule has 166 valence electrons. The van der Waals surface area contributed by atoms with E-state index >= 15 is 0 Å². The minimum atomic E-state index is -0.553. The van der Waals surface area contributed by atoms with Crippen LogP contribution in [0.15, 0.2) is 78.9 Å². The number of halogens is 1. The number of aromatic nitrogens is 2. The number of esters is 1. The second-order valence-electron chi connectivity index (χ2n) is 8.01. The number of carbonyl (C=O) groups excluding carboxylic acids is 2. The van der Waals surface area contributed by atoms with Gasteiger partial charge in [-0.15, -0.1) is 5.10 Å². The zero-order valence-electron chi connectivity index (χ0n) is 17.9. The van der Waals surface area contributed by atoms with E-state index in [1.165, 1.54) is 16.8 Å². The number of rotatable bonds is 4. The van der Waals surface area contributed by atoms with Crippen LogP contribution in [0.5, 0.6) is 5.75 Å². The van der Waals surface area contributed by atoms with E-state index in [1.807, 2.05) is 17.0 Å². The number of benzene rings is 3. The van der Waals surface area contributed by atoms with Crippen molar-refractivity contribution in [2.75, 3.05) is 11.4 Å². The Morgan fingerprint density at radius 2 is 1.67 bits per heavy atom. The van der Waals surface area contributed by atoms with Gasteiger partial charge in [0.25, 0.3) is 5.91 Å². The van der Waals surface area contributed by atoms with Crippen LogP contribution < -0.4 is 9.64 Å². The molecule has 1 saturated heterocycles. The molecule has 1 unspecified atom stereocenters. The molecule has 0 aliphatic carbocycles. The molecule has 5 rings (SSSR count). The van der Waals surface area contributed by atoms with Gasteiger partial charge < -0.3 is 9.64 Å². The topological polar surface area (TPSA) is 64.4 Å². The van der Waals surface area contributed by atoms with Gasteiger partial charge in [0.05, 0.1) is 5.52 Å². The second kappa shape index (κ2) is 8.86. The van der Waals surface area contributed by atoms with Crippen LogP contribution in [0.3, 0.4) is 0 Å². The first kappa shape index (κ1) is 20.9. The van der Waals surface area contributed by atoms with Gasteiger partial charge in [-0.25, -0.2) is 9.18 Å². The lowest BCUT2D eigenvalue weighted by molar-refractivity contribution is -0.136. The molecule has 6 nitrogen and oxygen atoms in total. The Kier molecular flexibility index (Phi) is 5.60. The van der Waals surface area contributed by atoms with E-state index in [0.29, 0.717) is 41.0 Å². The number of hydrogen-bond donors (Lipinski definition) is 0. The molecular weight excluding hydrogens is 421 g/mol. The maximum Gasteiger partial charge on any atom is 0.334 e. The minimum absolute atomic E-state index is 0.361. The molecule has 3 aromatic carbocycles. The molecule has 0 amide bonds. The van der Waals surface area contributed by atoms with Crippen molar-refractivity contribution in [1.29, 1.82) is 0 Å². The Bertz CT molecular complexity index is 1300. The monoisotopic (exact) mass is 443 g/mol. The lowest BCUT2D eigenvalue weighted by Gasteiger charge is -2.34. The summed E-state index contributed by atoms with van der Waals surface area (Å²) in [7, 11) is 0. The van der Waals surface area contributed by atoms with Crippen molar-refractivity contribution in [1.82, 2.24) is 9.78 Å². The highest BCUT2D eigenvalue weighted by molar-refractivity contribution is 6.04. The Morgan fingerprint density at radius 1 is 0.939 bits per heavy atom. The van der Waals surface area contributed by atoms with E-state index < -0.39 is 11.9 Å². The minimum Gasteiger partial charge on any atom is -0.425 e. The molecular formula is C26H22FN3O3. The number of hydrogen-bond acceptors (Lipinski definition) is 5. The Morgan fingerprint density at radius 3 is 2.42 bits per heavy atom. The summed E-state index contributed by atoms with van der Waals surface area (Å²) < 4.78 is 21.0.